The minimum Gasteiger partial charge on any atom is -0.461 e. The summed E-state index contributed by atoms with van der Waals surface area (Å²) in [6.07, 6.45) is 12.1. The maximum absolute atomic E-state index is 13.2. The molecule has 5 rings (SSSR count). The standard InChI is InChI=1S/C32H39NO4S/c34-21-28(35)30-19-26-16-15-23(18-29(26)38-30)14-13-22-7-6-8-24(17-22)20-33-31(25-9-2-1-3-10-25)32(36)37-27-11-4-5-12-27/h6-8,15-19,25,27,31,33-34H,1-5,9-14,20-21H2/t31-/m0/s1. The lowest BCUT2D eigenvalue weighted by Gasteiger charge is -2.30. The van der Waals surface area contributed by atoms with Crippen molar-refractivity contribution in [1.82, 2.24) is 5.32 Å². The first-order chi connectivity index (χ1) is 18.6. The van der Waals surface area contributed by atoms with Crippen LogP contribution in [0.3, 0.4) is 0 Å². The second kappa shape index (κ2) is 13.0. The zero-order valence-electron chi connectivity index (χ0n) is 22.1. The van der Waals surface area contributed by atoms with E-state index in [2.05, 4.69) is 47.8 Å². The number of hydrogen-bond acceptors (Lipinski definition) is 6. The topological polar surface area (TPSA) is 75.6 Å². The van der Waals surface area contributed by atoms with Gasteiger partial charge in [-0.05, 0) is 91.5 Å². The van der Waals surface area contributed by atoms with Gasteiger partial charge in [-0.2, -0.15) is 0 Å². The SMILES string of the molecule is O=C(CO)c1cc2ccc(CCc3cccc(CN[C@H](C(=O)OC4CCCC4)C4CCCCC4)c3)cc2s1. The van der Waals surface area contributed by atoms with E-state index in [9.17, 15) is 9.59 Å². The van der Waals surface area contributed by atoms with Crippen molar-refractivity contribution in [2.75, 3.05) is 6.61 Å². The van der Waals surface area contributed by atoms with Crippen molar-refractivity contribution in [2.45, 2.75) is 89.3 Å². The number of thiophene rings is 1. The number of rotatable bonds is 11. The lowest BCUT2D eigenvalue weighted by Crippen LogP contribution is -2.45. The number of esters is 1. The van der Waals surface area contributed by atoms with E-state index < -0.39 is 6.61 Å². The summed E-state index contributed by atoms with van der Waals surface area (Å²) in [5.74, 6) is 0.0876. The van der Waals surface area contributed by atoms with E-state index in [0.717, 1.165) is 61.5 Å². The van der Waals surface area contributed by atoms with Crippen LogP contribution in [0.15, 0.2) is 48.5 Å². The Kier molecular flexibility index (Phi) is 9.26. The van der Waals surface area contributed by atoms with Crippen LogP contribution < -0.4 is 5.32 Å². The highest BCUT2D eigenvalue weighted by Gasteiger charge is 2.32. The smallest absolute Gasteiger partial charge is 0.323 e. The number of ether oxygens (including phenoxy) is 1. The van der Waals surface area contributed by atoms with Gasteiger partial charge in [-0.25, -0.2) is 0 Å². The van der Waals surface area contributed by atoms with Gasteiger partial charge in [0.15, 0.2) is 5.78 Å². The Hall–Kier alpha value is -2.54. The van der Waals surface area contributed by atoms with Crippen molar-refractivity contribution < 1.29 is 19.4 Å². The van der Waals surface area contributed by atoms with Gasteiger partial charge in [-0.15, -0.1) is 11.3 Å². The summed E-state index contributed by atoms with van der Waals surface area (Å²) in [5.41, 5.74) is 3.70. The number of ketones is 1. The second-order valence-corrected chi connectivity index (χ2v) is 12.1. The van der Waals surface area contributed by atoms with Crippen LogP contribution in [0, 0.1) is 5.92 Å². The highest BCUT2D eigenvalue weighted by Crippen LogP contribution is 2.30. The molecular formula is C32H39NO4S. The van der Waals surface area contributed by atoms with Gasteiger partial charge in [-0.1, -0.05) is 55.7 Å². The van der Waals surface area contributed by atoms with E-state index in [1.54, 1.807) is 0 Å². The Labute approximate surface area is 229 Å². The summed E-state index contributed by atoms with van der Waals surface area (Å²) in [6, 6.07) is 16.6. The molecule has 1 aromatic heterocycles. The number of nitrogens with one attached hydrogen (secondary N) is 1. The van der Waals surface area contributed by atoms with E-state index >= 15 is 0 Å². The quantitative estimate of drug-likeness (QED) is 0.221. The molecule has 2 aliphatic rings. The fraction of sp³-hybridized carbons (Fsp3) is 0.500. The maximum atomic E-state index is 13.2. The molecule has 0 radical (unpaired) electrons. The largest absolute Gasteiger partial charge is 0.461 e. The highest BCUT2D eigenvalue weighted by atomic mass is 32.1. The normalized spacial score (nSPS) is 17.6. The highest BCUT2D eigenvalue weighted by molar-refractivity contribution is 7.20. The molecule has 2 N–H and O–H groups in total. The molecule has 5 nitrogen and oxygen atoms in total. The van der Waals surface area contributed by atoms with Gasteiger partial charge in [0.05, 0.1) is 4.88 Å². The molecule has 0 aliphatic heterocycles. The van der Waals surface area contributed by atoms with Crippen LogP contribution in [0.4, 0.5) is 0 Å². The van der Waals surface area contributed by atoms with Gasteiger partial charge >= 0.3 is 5.97 Å². The summed E-state index contributed by atoms with van der Waals surface area (Å²) >= 11 is 1.45. The summed E-state index contributed by atoms with van der Waals surface area (Å²) in [4.78, 5) is 25.6. The van der Waals surface area contributed by atoms with Crippen LogP contribution in [0.1, 0.15) is 84.1 Å². The number of aryl methyl sites for hydroxylation is 2. The molecule has 2 aliphatic carbocycles. The predicted molar refractivity (Wildman–Crippen MR) is 153 cm³/mol. The molecule has 202 valence electrons. The number of carbonyl (C=O) groups excluding carboxylic acids is 2. The molecule has 3 aromatic rings. The number of aliphatic hydroxyl groups is 1. The van der Waals surface area contributed by atoms with Crippen molar-refractivity contribution >= 4 is 33.2 Å². The Morgan fingerprint density at radius 2 is 1.61 bits per heavy atom. The van der Waals surface area contributed by atoms with Crippen molar-refractivity contribution in [3.8, 4) is 0 Å². The molecule has 0 saturated heterocycles. The minimum absolute atomic E-state index is 0.0484. The van der Waals surface area contributed by atoms with E-state index in [4.69, 9.17) is 9.84 Å². The molecule has 38 heavy (non-hydrogen) atoms. The summed E-state index contributed by atoms with van der Waals surface area (Å²) in [7, 11) is 0. The second-order valence-electron chi connectivity index (χ2n) is 11.0. The van der Waals surface area contributed by atoms with Gasteiger partial charge < -0.3 is 15.2 Å². The third-order valence-electron chi connectivity index (χ3n) is 8.18. The number of benzene rings is 2. The Balaban J connectivity index is 1.20. The number of Topliss-reactive ketones (excluding diaryl/α,β-unsaturated/α-hetero) is 1. The Bertz CT molecular complexity index is 1240. The van der Waals surface area contributed by atoms with Crippen LogP contribution in [-0.4, -0.2) is 35.6 Å². The summed E-state index contributed by atoms with van der Waals surface area (Å²) in [6.45, 7) is 0.214. The van der Waals surface area contributed by atoms with Gasteiger partial charge in [0.1, 0.15) is 18.8 Å². The molecule has 0 spiro atoms. The van der Waals surface area contributed by atoms with Gasteiger partial charge in [0.25, 0.3) is 0 Å². The van der Waals surface area contributed by atoms with E-state index in [1.807, 2.05) is 6.07 Å². The number of aliphatic hydroxyl groups excluding tert-OH is 1. The fourth-order valence-corrected chi connectivity index (χ4v) is 7.07. The van der Waals surface area contributed by atoms with E-state index in [-0.39, 0.29) is 23.9 Å². The average Bonchev–Trinajstić information content (AvgIpc) is 3.62. The average molecular weight is 534 g/mol. The van der Waals surface area contributed by atoms with Crippen LogP contribution >= 0.6 is 11.3 Å². The van der Waals surface area contributed by atoms with Gasteiger partial charge in [0.2, 0.25) is 0 Å². The first-order valence-corrected chi connectivity index (χ1v) is 15.1. The molecule has 1 heterocycles. The molecule has 2 fully saturated rings. The summed E-state index contributed by atoms with van der Waals surface area (Å²) in [5, 5.41) is 13.8. The van der Waals surface area contributed by atoms with Crippen molar-refractivity contribution in [3.05, 3.63) is 70.1 Å². The molecule has 2 saturated carbocycles. The van der Waals surface area contributed by atoms with Gasteiger partial charge in [0, 0.05) is 11.2 Å². The first kappa shape index (κ1) is 27.0. The zero-order chi connectivity index (χ0) is 26.3. The lowest BCUT2D eigenvalue weighted by molar-refractivity contribution is -0.153. The molecule has 1 atom stereocenters. The number of hydrogen-bond donors (Lipinski definition) is 2. The Morgan fingerprint density at radius 1 is 0.895 bits per heavy atom. The third kappa shape index (κ3) is 6.90. The molecule has 0 amide bonds. The van der Waals surface area contributed by atoms with Crippen LogP contribution in [0.25, 0.3) is 10.1 Å². The van der Waals surface area contributed by atoms with Crippen molar-refractivity contribution in [3.63, 3.8) is 0 Å². The third-order valence-corrected chi connectivity index (χ3v) is 9.32. The molecule has 0 unspecified atom stereocenters. The van der Waals surface area contributed by atoms with Crippen LogP contribution in [0.5, 0.6) is 0 Å². The van der Waals surface area contributed by atoms with Crippen molar-refractivity contribution in [2.24, 2.45) is 5.92 Å². The van der Waals surface area contributed by atoms with E-state index in [0.29, 0.717) is 17.3 Å². The molecule has 0 bridgehead atoms. The molecule has 2 aromatic carbocycles. The van der Waals surface area contributed by atoms with Crippen LogP contribution in [-0.2, 0) is 28.9 Å². The number of fused-ring (bicyclic) bond motifs is 1. The predicted octanol–water partition coefficient (Wildman–Crippen LogP) is 6.39. The minimum atomic E-state index is -0.450. The summed E-state index contributed by atoms with van der Waals surface area (Å²) < 4.78 is 7.03. The molecular weight excluding hydrogens is 494 g/mol. The van der Waals surface area contributed by atoms with Crippen molar-refractivity contribution in [1.29, 1.82) is 0 Å². The maximum Gasteiger partial charge on any atom is 0.323 e. The fourth-order valence-electron chi connectivity index (χ4n) is 6.01. The first-order valence-electron chi connectivity index (χ1n) is 14.3. The monoisotopic (exact) mass is 533 g/mol. The molecule has 6 heteroatoms. The lowest BCUT2D eigenvalue weighted by atomic mass is 9.83. The number of carbonyl (C=O) groups is 2. The van der Waals surface area contributed by atoms with E-state index in [1.165, 1.54) is 47.3 Å². The van der Waals surface area contributed by atoms with Crippen LogP contribution in [0.2, 0.25) is 0 Å². The van der Waals surface area contributed by atoms with Gasteiger partial charge in [-0.3, -0.25) is 9.59 Å². The Morgan fingerprint density at radius 3 is 2.37 bits per heavy atom. The zero-order valence-corrected chi connectivity index (χ0v) is 22.9.